The van der Waals surface area contributed by atoms with Gasteiger partial charge < -0.3 is 20.1 Å². The third-order valence-electron chi connectivity index (χ3n) is 6.65. The number of nitrogens with zero attached hydrogens (tertiary/aromatic N) is 4. The SMILES string of the molecule is Cc1ccc(-n2c(SCC(=O)Nc3cc(C(F)(F)F)ccc3N3CCOCC3)nnc2-c2ccccc2O)c(C)c1. The van der Waals surface area contributed by atoms with E-state index < -0.39 is 17.6 Å². The average molecular weight is 584 g/mol. The normalized spacial score (nSPS) is 13.8. The van der Waals surface area contributed by atoms with E-state index in [1.165, 1.54) is 6.07 Å². The lowest BCUT2D eigenvalue weighted by atomic mass is 10.1. The first kappa shape index (κ1) is 28.5. The zero-order valence-corrected chi connectivity index (χ0v) is 23.2. The van der Waals surface area contributed by atoms with E-state index in [1.807, 2.05) is 36.9 Å². The number of thioether (sulfide) groups is 1. The Morgan fingerprint density at radius 2 is 1.76 bits per heavy atom. The van der Waals surface area contributed by atoms with Gasteiger partial charge in [-0.3, -0.25) is 9.36 Å². The van der Waals surface area contributed by atoms with Crippen molar-refractivity contribution in [2.75, 3.05) is 42.3 Å². The smallest absolute Gasteiger partial charge is 0.416 e. The minimum Gasteiger partial charge on any atom is -0.507 e. The van der Waals surface area contributed by atoms with Crippen LogP contribution in [0.25, 0.3) is 17.1 Å². The number of alkyl halides is 3. The van der Waals surface area contributed by atoms with E-state index in [-0.39, 0.29) is 17.2 Å². The van der Waals surface area contributed by atoms with Crippen LogP contribution in [-0.4, -0.2) is 57.8 Å². The van der Waals surface area contributed by atoms with Crippen LogP contribution in [0.5, 0.6) is 5.75 Å². The minimum absolute atomic E-state index is 0.0281. The number of carbonyl (C=O) groups excluding carboxylic acids is 1. The molecule has 0 saturated carbocycles. The summed E-state index contributed by atoms with van der Waals surface area (Å²) in [6, 6.07) is 16.0. The van der Waals surface area contributed by atoms with Gasteiger partial charge in [-0.1, -0.05) is 41.6 Å². The number of para-hydroxylation sites is 1. The van der Waals surface area contributed by atoms with E-state index in [0.29, 0.717) is 48.5 Å². The number of aromatic nitrogens is 3. The van der Waals surface area contributed by atoms with Crippen LogP contribution in [0.2, 0.25) is 0 Å². The molecule has 1 fully saturated rings. The van der Waals surface area contributed by atoms with Crippen LogP contribution in [0.15, 0.2) is 65.8 Å². The van der Waals surface area contributed by atoms with Crippen LogP contribution in [0.3, 0.4) is 0 Å². The Kier molecular flexibility index (Phi) is 8.22. The van der Waals surface area contributed by atoms with Crippen molar-refractivity contribution in [2.24, 2.45) is 0 Å². The Hall–Kier alpha value is -4.03. The van der Waals surface area contributed by atoms with E-state index in [1.54, 1.807) is 28.8 Å². The maximum absolute atomic E-state index is 13.5. The van der Waals surface area contributed by atoms with Gasteiger partial charge in [0.2, 0.25) is 5.91 Å². The Morgan fingerprint density at radius 1 is 1.02 bits per heavy atom. The molecule has 2 heterocycles. The first-order valence-corrected chi connectivity index (χ1v) is 13.9. The van der Waals surface area contributed by atoms with Gasteiger partial charge >= 0.3 is 6.18 Å². The number of nitrogens with one attached hydrogen (secondary N) is 1. The van der Waals surface area contributed by atoms with Gasteiger partial charge in [-0.2, -0.15) is 13.2 Å². The Labute approximate surface area is 239 Å². The number of morpholine rings is 1. The number of aromatic hydroxyl groups is 1. The number of ether oxygens (including phenoxy) is 1. The number of hydrogen-bond acceptors (Lipinski definition) is 7. The summed E-state index contributed by atoms with van der Waals surface area (Å²) in [5.41, 5.74) is 2.98. The van der Waals surface area contributed by atoms with Gasteiger partial charge in [-0.05, 0) is 55.8 Å². The number of anilines is 2. The molecule has 4 aromatic rings. The van der Waals surface area contributed by atoms with Gasteiger partial charge in [0.25, 0.3) is 0 Å². The molecule has 0 atom stereocenters. The lowest BCUT2D eigenvalue weighted by molar-refractivity contribution is -0.137. The fourth-order valence-electron chi connectivity index (χ4n) is 4.68. The van der Waals surface area contributed by atoms with Gasteiger partial charge in [0.15, 0.2) is 11.0 Å². The van der Waals surface area contributed by atoms with E-state index in [2.05, 4.69) is 15.5 Å². The maximum atomic E-state index is 13.5. The lowest BCUT2D eigenvalue weighted by Crippen LogP contribution is -2.37. The molecule has 0 bridgehead atoms. The third-order valence-corrected chi connectivity index (χ3v) is 7.58. The summed E-state index contributed by atoms with van der Waals surface area (Å²) >= 11 is 1.09. The molecule has 1 saturated heterocycles. The topological polar surface area (TPSA) is 92.5 Å². The fraction of sp³-hybridized carbons (Fsp3) is 0.276. The highest BCUT2D eigenvalue weighted by Crippen LogP contribution is 2.37. The predicted molar refractivity (Wildman–Crippen MR) is 152 cm³/mol. The molecule has 0 aliphatic carbocycles. The molecule has 1 aromatic heterocycles. The van der Waals surface area contributed by atoms with E-state index in [0.717, 1.165) is 40.7 Å². The summed E-state index contributed by atoms with van der Waals surface area (Å²) < 4.78 is 47.6. The number of benzene rings is 3. The van der Waals surface area contributed by atoms with Crippen molar-refractivity contribution >= 4 is 29.0 Å². The van der Waals surface area contributed by atoms with E-state index in [9.17, 15) is 23.1 Å². The van der Waals surface area contributed by atoms with Crippen molar-refractivity contribution in [1.82, 2.24) is 14.8 Å². The van der Waals surface area contributed by atoms with Crippen LogP contribution in [0, 0.1) is 13.8 Å². The number of carbonyl (C=O) groups is 1. The van der Waals surface area contributed by atoms with Crippen molar-refractivity contribution in [3.63, 3.8) is 0 Å². The summed E-state index contributed by atoms with van der Waals surface area (Å²) in [7, 11) is 0. The fourth-order valence-corrected chi connectivity index (χ4v) is 5.43. The van der Waals surface area contributed by atoms with Gasteiger partial charge in [0.05, 0.1) is 47.2 Å². The standard InChI is InChI=1S/C29H28F3N5O3S/c1-18-7-9-23(19(2)15-18)37-27(21-5-3-4-6-25(21)38)34-35-28(37)41-17-26(39)33-22-16-20(29(30,31)32)8-10-24(22)36-11-13-40-14-12-36/h3-10,15-16,38H,11-14,17H2,1-2H3,(H,33,39). The molecule has 5 rings (SSSR count). The quantitative estimate of drug-likeness (QED) is 0.264. The number of halogens is 3. The second-order valence-corrected chi connectivity index (χ2v) is 10.6. The van der Waals surface area contributed by atoms with Crippen LogP contribution in [0.1, 0.15) is 16.7 Å². The monoisotopic (exact) mass is 583 g/mol. The molecular formula is C29H28F3N5O3S. The second kappa shape index (κ2) is 11.8. The number of rotatable bonds is 7. The van der Waals surface area contributed by atoms with Crippen LogP contribution >= 0.6 is 11.8 Å². The Morgan fingerprint density at radius 3 is 2.46 bits per heavy atom. The summed E-state index contributed by atoms with van der Waals surface area (Å²) in [6.45, 7) is 5.80. The largest absolute Gasteiger partial charge is 0.507 e. The molecule has 1 amide bonds. The summed E-state index contributed by atoms with van der Waals surface area (Å²) in [6.07, 6.45) is -4.56. The van der Waals surface area contributed by atoms with E-state index in [4.69, 9.17) is 4.74 Å². The van der Waals surface area contributed by atoms with Gasteiger partial charge in [0, 0.05) is 13.1 Å². The minimum atomic E-state index is -4.56. The third kappa shape index (κ3) is 6.33. The molecule has 0 spiro atoms. The van der Waals surface area contributed by atoms with Crippen molar-refractivity contribution in [2.45, 2.75) is 25.2 Å². The molecule has 0 radical (unpaired) electrons. The molecule has 1 aliphatic rings. The number of aryl methyl sites for hydroxylation is 2. The van der Waals surface area contributed by atoms with Crippen molar-refractivity contribution < 1.29 is 27.8 Å². The predicted octanol–water partition coefficient (Wildman–Crippen LogP) is 5.84. The number of phenolic OH excluding ortho intramolecular Hbond substituents is 1. The molecule has 0 unspecified atom stereocenters. The summed E-state index contributed by atoms with van der Waals surface area (Å²) in [5, 5.41) is 22.2. The Bertz CT molecular complexity index is 1570. The van der Waals surface area contributed by atoms with E-state index >= 15 is 0 Å². The average Bonchev–Trinajstić information content (AvgIpc) is 3.35. The lowest BCUT2D eigenvalue weighted by Gasteiger charge is -2.31. The van der Waals surface area contributed by atoms with Crippen molar-refractivity contribution in [3.05, 3.63) is 77.4 Å². The van der Waals surface area contributed by atoms with Crippen molar-refractivity contribution in [1.29, 1.82) is 0 Å². The molecule has 3 aromatic carbocycles. The first-order valence-electron chi connectivity index (χ1n) is 12.9. The zero-order valence-electron chi connectivity index (χ0n) is 22.4. The molecule has 8 nitrogen and oxygen atoms in total. The van der Waals surface area contributed by atoms with Crippen LogP contribution in [0.4, 0.5) is 24.5 Å². The molecule has 12 heteroatoms. The highest BCUT2D eigenvalue weighted by Gasteiger charge is 2.32. The van der Waals surface area contributed by atoms with Gasteiger partial charge in [-0.25, -0.2) is 0 Å². The zero-order chi connectivity index (χ0) is 29.1. The molecule has 1 aliphatic heterocycles. The number of amides is 1. The highest BCUT2D eigenvalue weighted by atomic mass is 32.2. The van der Waals surface area contributed by atoms with Gasteiger partial charge in [0.1, 0.15) is 5.75 Å². The van der Waals surface area contributed by atoms with Gasteiger partial charge in [-0.15, -0.1) is 10.2 Å². The summed E-state index contributed by atoms with van der Waals surface area (Å²) in [5.74, 6) is -0.211. The highest BCUT2D eigenvalue weighted by molar-refractivity contribution is 7.99. The second-order valence-electron chi connectivity index (χ2n) is 9.61. The molecule has 214 valence electrons. The number of phenols is 1. The number of hydrogen-bond donors (Lipinski definition) is 2. The Balaban J connectivity index is 1.43. The van der Waals surface area contributed by atoms with Crippen LogP contribution < -0.4 is 10.2 Å². The van der Waals surface area contributed by atoms with Crippen LogP contribution in [-0.2, 0) is 15.7 Å². The van der Waals surface area contributed by atoms with Crippen molar-refractivity contribution in [3.8, 4) is 22.8 Å². The summed E-state index contributed by atoms with van der Waals surface area (Å²) in [4.78, 5) is 15.0. The molecule has 41 heavy (non-hydrogen) atoms. The first-order chi connectivity index (χ1) is 19.6. The molecule has 2 N–H and O–H groups in total. The molecular weight excluding hydrogens is 555 g/mol. The maximum Gasteiger partial charge on any atom is 0.416 e.